The van der Waals surface area contributed by atoms with Gasteiger partial charge in [-0.1, -0.05) is 35.5 Å². The lowest BCUT2D eigenvalue weighted by molar-refractivity contribution is 0.0629. The third-order valence-corrected chi connectivity index (χ3v) is 4.01. The van der Waals surface area contributed by atoms with Crippen molar-refractivity contribution in [3.8, 4) is 0 Å². The van der Waals surface area contributed by atoms with Gasteiger partial charge in [0, 0.05) is 23.4 Å². The van der Waals surface area contributed by atoms with E-state index in [0.29, 0.717) is 12.1 Å². The first kappa shape index (κ1) is 15.0. The van der Waals surface area contributed by atoms with Gasteiger partial charge in [-0.25, -0.2) is 0 Å². The van der Waals surface area contributed by atoms with Crippen molar-refractivity contribution < 1.29 is 10.3 Å². The van der Waals surface area contributed by atoms with E-state index in [4.69, 9.17) is 0 Å². The predicted octanol–water partition coefficient (Wildman–Crippen LogP) is 2.72. The van der Waals surface area contributed by atoms with E-state index >= 15 is 0 Å². The summed E-state index contributed by atoms with van der Waals surface area (Å²) in [6.07, 6.45) is -0.0812. The van der Waals surface area contributed by atoms with Gasteiger partial charge in [-0.05, 0) is 33.3 Å². The molecular weight excluding hydrogens is 252 g/mol. The van der Waals surface area contributed by atoms with Gasteiger partial charge in [0.15, 0.2) is 0 Å². The second-order valence-electron chi connectivity index (χ2n) is 6.83. The van der Waals surface area contributed by atoms with E-state index < -0.39 is 6.10 Å². The normalized spacial score (nSPS) is 28.2. The molecule has 1 aromatic rings. The molecule has 0 saturated carbocycles. The maximum atomic E-state index is 10.7. The number of aliphatic hydroxyl groups is 1. The van der Waals surface area contributed by atoms with E-state index in [0.717, 1.165) is 5.56 Å². The number of aliphatic hydroxyl groups excluding tert-OH is 1. The highest BCUT2D eigenvalue weighted by Gasteiger charge is 2.47. The molecule has 110 valence electrons. The summed E-state index contributed by atoms with van der Waals surface area (Å²) in [5, 5.41) is 27.1. The van der Waals surface area contributed by atoms with Gasteiger partial charge < -0.3 is 15.6 Å². The molecule has 1 aliphatic heterocycles. The fourth-order valence-corrected chi connectivity index (χ4v) is 3.49. The van der Waals surface area contributed by atoms with Crippen LogP contribution in [0.25, 0.3) is 0 Å². The smallest absolute Gasteiger partial charge is 0.0889 e. The summed E-state index contributed by atoms with van der Waals surface area (Å²) >= 11 is 0. The summed E-state index contributed by atoms with van der Waals surface area (Å²) in [5.74, 6) is -0.261. The monoisotopic (exact) mass is 276 g/mol. The largest absolute Gasteiger partial charge is 0.411 e. The predicted molar refractivity (Wildman–Crippen MR) is 80.0 cm³/mol. The molecule has 3 N–H and O–H groups in total. The minimum atomic E-state index is -0.694. The maximum Gasteiger partial charge on any atom is 0.0889 e. The number of nitrogens with one attached hydrogen (secondary N) is 1. The van der Waals surface area contributed by atoms with E-state index in [1.807, 2.05) is 44.2 Å². The maximum absolute atomic E-state index is 10.7. The molecule has 0 spiro atoms. The molecule has 2 unspecified atom stereocenters. The summed E-state index contributed by atoms with van der Waals surface area (Å²) in [6.45, 7) is 8.22. The van der Waals surface area contributed by atoms with E-state index in [-0.39, 0.29) is 17.0 Å². The van der Waals surface area contributed by atoms with Gasteiger partial charge in [-0.15, -0.1) is 0 Å². The van der Waals surface area contributed by atoms with Gasteiger partial charge in [-0.3, -0.25) is 0 Å². The van der Waals surface area contributed by atoms with Crippen LogP contribution < -0.4 is 5.32 Å². The van der Waals surface area contributed by atoms with Crippen molar-refractivity contribution >= 4 is 5.71 Å². The zero-order chi connectivity index (χ0) is 15.0. The molecule has 1 aliphatic rings. The number of oxime groups is 1. The molecule has 0 amide bonds. The molecule has 4 nitrogen and oxygen atoms in total. The highest BCUT2D eigenvalue weighted by molar-refractivity contribution is 5.90. The molecule has 1 aromatic carbocycles. The summed E-state index contributed by atoms with van der Waals surface area (Å²) in [5.41, 5.74) is 0.972. The Morgan fingerprint density at radius 3 is 2.35 bits per heavy atom. The molecule has 1 fully saturated rings. The average Bonchev–Trinajstić information content (AvgIpc) is 2.36. The van der Waals surface area contributed by atoms with Crippen LogP contribution in [0.2, 0.25) is 0 Å². The van der Waals surface area contributed by atoms with Crippen molar-refractivity contribution in [1.29, 1.82) is 0 Å². The quantitative estimate of drug-likeness (QED) is 0.575. The Labute approximate surface area is 120 Å². The molecule has 4 heteroatoms. The Kier molecular flexibility index (Phi) is 3.89. The standard InChI is InChI=1S/C16H24N2O2/c1-15(2)10-12(17-20)13(16(3,4)18-15)14(19)11-8-6-5-7-9-11/h5-9,13-14,18-20H,10H2,1-4H3/b17-12+. The number of hydrogen-bond acceptors (Lipinski definition) is 4. The molecule has 0 radical (unpaired) electrons. The summed E-state index contributed by atoms with van der Waals surface area (Å²) in [6, 6.07) is 9.53. The van der Waals surface area contributed by atoms with Crippen molar-refractivity contribution in [1.82, 2.24) is 5.32 Å². The zero-order valence-electron chi connectivity index (χ0n) is 12.6. The number of nitrogens with zero attached hydrogens (tertiary/aromatic N) is 1. The van der Waals surface area contributed by atoms with E-state index in [1.165, 1.54) is 0 Å². The summed E-state index contributed by atoms with van der Waals surface area (Å²) < 4.78 is 0. The Morgan fingerprint density at radius 1 is 1.20 bits per heavy atom. The van der Waals surface area contributed by atoms with Crippen molar-refractivity contribution in [3.63, 3.8) is 0 Å². The molecular formula is C16H24N2O2. The van der Waals surface area contributed by atoms with Crippen molar-refractivity contribution in [2.24, 2.45) is 11.1 Å². The fraction of sp³-hybridized carbons (Fsp3) is 0.562. The van der Waals surface area contributed by atoms with Gasteiger partial charge in [0.2, 0.25) is 0 Å². The summed E-state index contributed by atoms with van der Waals surface area (Å²) in [7, 11) is 0. The van der Waals surface area contributed by atoms with Gasteiger partial charge in [0.25, 0.3) is 0 Å². The van der Waals surface area contributed by atoms with Gasteiger partial charge >= 0.3 is 0 Å². The lowest BCUT2D eigenvalue weighted by Gasteiger charge is -2.49. The molecule has 2 rings (SSSR count). The molecule has 0 aromatic heterocycles. The first-order valence-corrected chi connectivity index (χ1v) is 7.00. The van der Waals surface area contributed by atoms with Crippen LogP contribution in [0.15, 0.2) is 35.5 Å². The lowest BCUT2D eigenvalue weighted by Crippen LogP contribution is -2.64. The molecule has 2 atom stereocenters. The first-order chi connectivity index (χ1) is 9.27. The second kappa shape index (κ2) is 5.19. The van der Waals surface area contributed by atoms with Gasteiger partial charge in [0.1, 0.15) is 0 Å². The minimum absolute atomic E-state index is 0.155. The Balaban J connectivity index is 2.38. The van der Waals surface area contributed by atoms with Crippen LogP contribution in [0.5, 0.6) is 0 Å². The minimum Gasteiger partial charge on any atom is -0.411 e. The highest BCUT2D eigenvalue weighted by Crippen LogP contribution is 2.39. The topological polar surface area (TPSA) is 64.9 Å². The lowest BCUT2D eigenvalue weighted by atomic mass is 9.69. The zero-order valence-corrected chi connectivity index (χ0v) is 12.6. The molecule has 0 bridgehead atoms. The van der Waals surface area contributed by atoms with Crippen LogP contribution in [0, 0.1) is 5.92 Å². The number of benzene rings is 1. The van der Waals surface area contributed by atoms with E-state index in [2.05, 4.69) is 24.3 Å². The Hall–Kier alpha value is -1.39. The number of piperidine rings is 1. The van der Waals surface area contributed by atoms with Crippen LogP contribution >= 0.6 is 0 Å². The Morgan fingerprint density at radius 2 is 1.80 bits per heavy atom. The average molecular weight is 276 g/mol. The third kappa shape index (κ3) is 2.86. The van der Waals surface area contributed by atoms with Crippen LogP contribution in [-0.2, 0) is 0 Å². The van der Waals surface area contributed by atoms with E-state index in [1.54, 1.807) is 0 Å². The number of hydrogen-bond donors (Lipinski definition) is 3. The first-order valence-electron chi connectivity index (χ1n) is 7.00. The fourth-order valence-electron chi connectivity index (χ4n) is 3.49. The van der Waals surface area contributed by atoms with Crippen LogP contribution in [-0.4, -0.2) is 27.1 Å². The van der Waals surface area contributed by atoms with Crippen molar-refractivity contribution in [2.45, 2.75) is 51.3 Å². The van der Waals surface area contributed by atoms with Gasteiger partial charge in [0.05, 0.1) is 11.8 Å². The van der Waals surface area contributed by atoms with E-state index in [9.17, 15) is 10.3 Å². The Bertz CT molecular complexity index is 494. The molecule has 0 aliphatic carbocycles. The van der Waals surface area contributed by atoms with Crippen molar-refractivity contribution in [3.05, 3.63) is 35.9 Å². The molecule has 20 heavy (non-hydrogen) atoms. The van der Waals surface area contributed by atoms with Crippen LogP contribution in [0.1, 0.15) is 45.8 Å². The van der Waals surface area contributed by atoms with Crippen LogP contribution in [0.4, 0.5) is 0 Å². The van der Waals surface area contributed by atoms with Gasteiger partial charge in [-0.2, -0.15) is 0 Å². The highest BCUT2D eigenvalue weighted by atomic mass is 16.4. The second-order valence-corrected chi connectivity index (χ2v) is 6.83. The summed E-state index contributed by atoms with van der Waals surface area (Å²) in [4.78, 5) is 0. The number of rotatable bonds is 2. The SMILES string of the molecule is CC1(C)C/C(=N\O)C(C(O)c2ccccc2)C(C)(C)N1. The van der Waals surface area contributed by atoms with Crippen molar-refractivity contribution in [2.75, 3.05) is 0 Å². The van der Waals surface area contributed by atoms with Crippen LogP contribution in [0.3, 0.4) is 0 Å². The third-order valence-electron chi connectivity index (χ3n) is 4.01. The molecule has 1 heterocycles. The molecule has 1 saturated heterocycles.